The minimum atomic E-state index is -1.02. The van der Waals surface area contributed by atoms with Gasteiger partial charge in [0.25, 0.3) is 0 Å². The third kappa shape index (κ3) is 3.69. The number of nitrogens with zero attached hydrogens (tertiary/aromatic N) is 1. The number of pyridine rings is 1. The molecule has 0 radical (unpaired) electrons. The first-order valence-corrected chi connectivity index (χ1v) is 5.81. The van der Waals surface area contributed by atoms with Crippen molar-refractivity contribution < 1.29 is 15.0 Å². The van der Waals surface area contributed by atoms with Gasteiger partial charge in [-0.05, 0) is 13.0 Å². The molecule has 2 atom stereocenters. The van der Waals surface area contributed by atoms with E-state index in [2.05, 4.69) is 22.9 Å². The van der Waals surface area contributed by atoms with E-state index >= 15 is 0 Å². The van der Waals surface area contributed by atoms with Crippen LogP contribution < -0.4 is 5.32 Å². The number of aliphatic hydroxyl groups is 2. The summed E-state index contributed by atoms with van der Waals surface area (Å²) >= 11 is 3.92. The van der Waals surface area contributed by atoms with Gasteiger partial charge in [0, 0.05) is 23.9 Å². The molecule has 0 bridgehead atoms. The van der Waals surface area contributed by atoms with Crippen molar-refractivity contribution in [3.8, 4) is 0 Å². The van der Waals surface area contributed by atoms with Crippen molar-refractivity contribution in [3.63, 3.8) is 0 Å². The fourth-order valence-corrected chi connectivity index (χ4v) is 1.64. The lowest BCUT2D eigenvalue weighted by Crippen LogP contribution is -2.21. The Morgan fingerprint density at radius 2 is 2.18 bits per heavy atom. The van der Waals surface area contributed by atoms with Crippen molar-refractivity contribution in [2.24, 2.45) is 0 Å². The average molecular weight is 256 g/mol. The molecule has 1 aromatic rings. The molecule has 1 amide bonds. The van der Waals surface area contributed by atoms with Crippen molar-refractivity contribution in [1.29, 1.82) is 0 Å². The van der Waals surface area contributed by atoms with Crippen molar-refractivity contribution in [2.75, 3.05) is 11.1 Å². The Hall–Kier alpha value is -1.11. The molecule has 0 spiro atoms. The summed E-state index contributed by atoms with van der Waals surface area (Å²) in [5, 5.41) is 21.9. The van der Waals surface area contributed by atoms with Crippen LogP contribution in [-0.2, 0) is 4.79 Å². The van der Waals surface area contributed by atoms with Crippen LogP contribution in [0.5, 0.6) is 0 Å². The zero-order chi connectivity index (χ0) is 13.0. The normalized spacial score (nSPS) is 14.2. The highest BCUT2D eigenvalue weighted by Gasteiger charge is 2.19. The highest BCUT2D eigenvalue weighted by molar-refractivity contribution is 7.80. The summed E-state index contributed by atoms with van der Waals surface area (Å²) in [6.07, 6.45) is -1.96. The molecule has 0 fully saturated rings. The van der Waals surface area contributed by atoms with E-state index in [1.807, 2.05) is 0 Å². The molecule has 0 saturated carbocycles. The monoisotopic (exact) mass is 256 g/mol. The van der Waals surface area contributed by atoms with Crippen LogP contribution >= 0.6 is 12.6 Å². The third-order valence-corrected chi connectivity index (χ3v) is 2.68. The smallest absolute Gasteiger partial charge is 0.222 e. The quantitative estimate of drug-likeness (QED) is 0.597. The molecule has 0 aliphatic rings. The first-order chi connectivity index (χ1) is 7.95. The van der Waals surface area contributed by atoms with Gasteiger partial charge in [0.2, 0.25) is 5.91 Å². The zero-order valence-corrected chi connectivity index (χ0v) is 10.6. The number of aliphatic hydroxyl groups excluding tert-OH is 2. The second-order valence-electron chi connectivity index (χ2n) is 3.75. The summed E-state index contributed by atoms with van der Waals surface area (Å²) in [7, 11) is 0. The highest BCUT2D eigenvalue weighted by Crippen LogP contribution is 2.21. The van der Waals surface area contributed by atoms with Gasteiger partial charge in [-0.1, -0.05) is 6.07 Å². The highest BCUT2D eigenvalue weighted by atomic mass is 32.1. The van der Waals surface area contributed by atoms with Gasteiger partial charge in [-0.3, -0.25) is 4.79 Å². The molecule has 1 heterocycles. The second kappa shape index (κ2) is 6.00. The number of hydrogen-bond donors (Lipinski definition) is 4. The van der Waals surface area contributed by atoms with E-state index in [1.54, 1.807) is 19.1 Å². The molecule has 17 heavy (non-hydrogen) atoms. The number of carbonyl (C=O) groups is 1. The van der Waals surface area contributed by atoms with E-state index < -0.39 is 12.2 Å². The Bertz CT molecular complexity index is 412. The van der Waals surface area contributed by atoms with E-state index in [9.17, 15) is 15.0 Å². The Kier molecular flexibility index (Phi) is 4.92. The molecular weight excluding hydrogens is 240 g/mol. The number of nitrogens with one attached hydrogen (secondary N) is 1. The number of thiol groups is 1. The van der Waals surface area contributed by atoms with Crippen molar-refractivity contribution in [1.82, 2.24) is 4.98 Å². The maximum absolute atomic E-state index is 10.8. The number of hydrogen-bond acceptors (Lipinski definition) is 5. The first-order valence-electron chi connectivity index (χ1n) is 5.17. The van der Waals surface area contributed by atoms with Crippen LogP contribution in [0.15, 0.2) is 12.1 Å². The van der Waals surface area contributed by atoms with Crippen LogP contribution in [0, 0.1) is 6.92 Å². The number of aryl methyl sites for hydroxylation is 1. The fraction of sp³-hybridized carbons (Fsp3) is 0.455. The maximum atomic E-state index is 10.8. The molecule has 1 aromatic heterocycles. The van der Waals surface area contributed by atoms with E-state index in [1.165, 1.54) is 6.92 Å². The van der Waals surface area contributed by atoms with Crippen LogP contribution in [0.3, 0.4) is 0 Å². The predicted octanol–water partition coefficient (Wildman–Crippen LogP) is 0.673. The lowest BCUT2D eigenvalue weighted by molar-refractivity contribution is -0.114. The molecule has 5 nitrogen and oxygen atoms in total. The maximum Gasteiger partial charge on any atom is 0.222 e. The lowest BCUT2D eigenvalue weighted by Gasteiger charge is -2.18. The van der Waals surface area contributed by atoms with Gasteiger partial charge in [0.15, 0.2) is 0 Å². The minimum absolute atomic E-state index is 0.161. The van der Waals surface area contributed by atoms with Crippen molar-refractivity contribution in [2.45, 2.75) is 26.1 Å². The molecule has 3 N–H and O–H groups in total. The zero-order valence-electron chi connectivity index (χ0n) is 9.71. The summed E-state index contributed by atoms with van der Waals surface area (Å²) in [6, 6.07) is 3.21. The van der Waals surface area contributed by atoms with Gasteiger partial charge in [0.1, 0.15) is 11.9 Å². The van der Waals surface area contributed by atoms with Gasteiger partial charge in [0.05, 0.1) is 6.10 Å². The topological polar surface area (TPSA) is 82.5 Å². The molecule has 94 valence electrons. The molecule has 6 heteroatoms. The van der Waals surface area contributed by atoms with Gasteiger partial charge in [-0.2, -0.15) is 12.6 Å². The second-order valence-corrected chi connectivity index (χ2v) is 4.11. The molecule has 1 rings (SSSR count). The van der Waals surface area contributed by atoms with Crippen molar-refractivity contribution in [3.05, 3.63) is 23.4 Å². The Morgan fingerprint density at radius 1 is 1.53 bits per heavy atom. The van der Waals surface area contributed by atoms with Gasteiger partial charge in [-0.15, -0.1) is 0 Å². The van der Waals surface area contributed by atoms with Gasteiger partial charge in [-0.25, -0.2) is 4.98 Å². The molecule has 0 aliphatic heterocycles. The molecule has 0 aliphatic carbocycles. The minimum Gasteiger partial charge on any atom is -0.389 e. The number of carbonyl (C=O) groups excluding carboxylic acids is 1. The Morgan fingerprint density at radius 3 is 2.65 bits per heavy atom. The molecule has 2 unspecified atom stereocenters. The number of aromatic nitrogens is 1. The van der Waals surface area contributed by atoms with Crippen LogP contribution in [0.2, 0.25) is 0 Å². The summed E-state index contributed by atoms with van der Waals surface area (Å²) in [6.45, 7) is 3.10. The SMILES string of the molecule is CC(=O)Nc1ccc(C(O)C(O)CS)c(C)n1. The standard InChI is InChI=1S/C11H16N2O3S/c1-6-8(11(16)9(15)5-17)3-4-10(12-6)13-7(2)14/h3-4,9,11,15-17H,5H2,1-2H3,(H,12,13,14). The van der Waals surface area contributed by atoms with Crippen molar-refractivity contribution >= 4 is 24.4 Å². The number of amides is 1. The van der Waals surface area contributed by atoms with E-state index in [-0.39, 0.29) is 11.7 Å². The summed E-state index contributed by atoms with van der Waals surface area (Å²) < 4.78 is 0. The molecule has 0 aromatic carbocycles. The predicted molar refractivity (Wildman–Crippen MR) is 68.1 cm³/mol. The molecule has 0 saturated heterocycles. The summed E-state index contributed by atoms with van der Waals surface area (Å²) in [5.41, 5.74) is 1.09. The fourth-order valence-electron chi connectivity index (χ4n) is 1.44. The van der Waals surface area contributed by atoms with Crippen LogP contribution in [0.4, 0.5) is 5.82 Å². The number of anilines is 1. The molecular formula is C11H16N2O3S. The first kappa shape index (κ1) is 14.0. The summed E-state index contributed by atoms with van der Waals surface area (Å²) in [4.78, 5) is 15.0. The largest absolute Gasteiger partial charge is 0.389 e. The van der Waals surface area contributed by atoms with Crippen LogP contribution in [0.25, 0.3) is 0 Å². The summed E-state index contributed by atoms with van der Waals surface area (Å²) in [5.74, 6) is 0.375. The lowest BCUT2D eigenvalue weighted by atomic mass is 10.0. The number of rotatable bonds is 4. The van der Waals surface area contributed by atoms with Crippen LogP contribution in [0.1, 0.15) is 24.3 Å². The average Bonchev–Trinajstić information content (AvgIpc) is 2.26. The Balaban J connectivity index is 2.93. The van der Waals surface area contributed by atoms with Gasteiger partial charge < -0.3 is 15.5 Å². The third-order valence-electron chi connectivity index (χ3n) is 2.30. The van der Waals surface area contributed by atoms with Crippen LogP contribution in [-0.4, -0.2) is 33.0 Å². The van der Waals surface area contributed by atoms with E-state index in [0.717, 1.165) is 0 Å². The van der Waals surface area contributed by atoms with Gasteiger partial charge >= 0.3 is 0 Å². The van der Waals surface area contributed by atoms with E-state index in [0.29, 0.717) is 17.1 Å². The Labute approximate surface area is 105 Å². The van der Waals surface area contributed by atoms with E-state index in [4.69, 9.17) is 0 Å².